The number of rotatable bonds is 0. The van der Waals surface area contributed by atoms with Gasteiger partial charge in [-0.1, -0.05) is 27.0 Å². The van der Waals surface area contributed by atoms with Gasteiger partial charge in [0.05, 0.1) is 17.6 Å². The van der Waals surface area contributed by atoms with Crippen molar-refractivity contribution in [1.29, 1.82) is 0 Å². The summed E-state index contributed by atoms with van der Waals surface area (Å²) in [4.78, 5) is 26.1. The Hall–Kier alpha value is -1.26. The second kappa shape index (κ2) is 4.89. The molecular formula is C20H26O4. The van der Waals surface area contributed by atoms with Gasteiger partial charge in [0.25, 0.3) is 0 Å². The lowest BCUT2D eigenvalue weighted by atomic mass is 9.45. The van der Waals surface area contributed by atoms with Crippen molar-refractivity contribution >= 4 is 11.6 Å². The minimum atomic E-state index is -1.12. The van der Waals surface area contributed by atoms with Gasteiger partial charge in [-0.3, -0.25) is 9.59 Å². The van der Waals surface area contributed by atoms with E-state index in [1.165, 1.54) is 0 Å². The van der Waals surface area contributed by atoms with Crippen LogP contribution in [0.5, 0.6) is 0 Å². The SMILES string of the molecule is C=C1CC(C)C2C(O)C(O)C34C(=O)C(=C)C(CCC3C2C1=O)C4C. The number of allylic oxidation sites excluding steroid dienone is 2. The van der Waals surface area contributed by atoms with Crippen molar-refractivity contribution in [3.05, 3.63) is 24.3 Å². The third-order valence-electron chi connectivity index (χ3n) is 7.82. The molecule has 0 aromatic rings. The van der Waals surface area contributed by atoms with Crippen LogP contribution in [0.1, 0.15) is 33.1 Å². The van der Waals surface area contributed by atoms with Gasteiger partial charge in [0.2, 0.25) is 0 Å². The molecule has 9 atom stereocenters. The van der Waals surface area contributed by atoms with Crippen LogP contribution in [0.15, 0.2) is 24.3 Å². The summed E-state index contributed by atoms with van der Waals surface area (Å²) in [5.74, 6) is -0.988. The van der Waals surface area contributed by atoms with Gasteiger partial charge in [0.15, 0.2) is 11.6 Å². The number of Topliss-reactive ketones (excluding diaryl/α,β-unsaturated/α-hetero) is 2. The lowest BCUT2D eigenvalue weighted by Gasteiger charge is -2.59. The summed E-state index contributed by atoms with van der Waals surface area (Å²) in [6.45, 7) is 11.9. The van der Waals surface area contributed by atoms with Crippen molar-refractivity contribution < 1.29 is 19.8 Å². The first-order valence-corrected chi connectivity index (χ1v) is 9.06. The number of aliphatic hydroxyl groups is 2. The van der Waals surface area contributed by atoms with Gasteiger partial charge >= 0.3 is 0 Å². The zero-order chi connectivity index (χ0) is 17.5. The molecule has 4 aliphatic rings. The van der Waals surface area contributed by atoms with Crippen molar-refractivity contribution in [2.75, 3.05) is 0 Å². The Morgan fingerprint density at radius 1 is 1.12 bits per heavy atom. The molecule has 4 rings (SSSR count). The largest absolute Gasteiger partial charge is 0.390 e. The number of aliphatic hydroxyl groups excluding tert-OH is 2. The molecule has 0 radical (unpaired) electrons. The van der Waals surface area contributed by atoms with Gasteiger partial charge in [-0.15, -0.1) is 0 Å². The molecule has 0 saturated heterocycles. The van der Waals surface area contributed by atoms with Gasteiger partial charge in [-0.2, -0.15) is 0 Å². The smallest absolute Gasteiger partial charge is 0.167 e. The zero-order valence-electron chi connectivity index (χ0n) is 14.4. The second-order valence-corrected chi connectivity index (χ2v) is 8.55. The molecule has 0 heterocycles. The summed E-state index contributed by atoms with van der Waals surface area (Å²) in [6.07, 6.45) is -0.0406. The topological polar surface area (TPSA) is 74.6 Å². The van der Waals surface area contributed by atoms with Crippen LogP contribution in [-0.2, 0) is 9.59 Å². The highest BCUT2D eigenvalue weighted by Crippen LogP contribution is 2.66. The third-order valence-corrected chi connectivity index (χ3v) is 7.82. The number of hydrogen-bond donors (Lipinski definition) is 2. The monoisotopic (exact) mass is 330 g/mol. The summed E-state index contributed by atoms with van der Waals surface area (Å²) in [6, 6.07) is 0. The molecule has 4 aliphatic carbocycles. The molecule has 0 aromatic heterocycles. The molecule has 0 aromatic carbocycles. The van der Waals surface area contributed by atoms with Crippen LogP contribution in [0.25, 0.3) is 0 Å². The van der Waals surface area contributed by atoms with E-state index >= 15 is 0 Å². The summed E-state index contributed by atoms with van der Waals surface area (Å²) in [5.41, 5.74) is 0.125. The van der Waals surface area contributed by atoms with Crippen molar-refractivity contribution in [2.45, 2.75) is 45.3 Å². The molecule has 4 nitrogen and oxygen atoms in total. The van der Waals surface area contributed by atoms with E-state index in [4.69, 9.17) is 0 Å². The molecular weight excluding hydrogens is 304 g/mol. The maximum atomic E-state index is 13.1. The van der Waals surface area contributed by atoms with E-state index < -0.39 is 23.5 Å². The van der Waals surface area contributed by atoms with Crippen molar-refractivity contribution in [3.8, 4) is 0 Å². The molecule has 0 aliphatic heterocycles. The molecule has 2 N–H and O–H groups in total. The Kier molecular flexibility index (Phi) is 3.30. The lowest BCUT2D eigenvalue weighted by molar-refractivity contribution is -0.209. The minimum absolute atomic E-state index is 0.00983. The fourth-order valence-electron chi connectivity index (χ4n) is 6.80. The average molecular weight is 330 g/mol. The highest BCUT2D eigenvalue weighted by Gasteiger charge is 2.72. The van der Waals surface area contributed by atoms with E-state index in [-0.39, 0.29) is 41.2 Å². The molecule has 2 bridgehead atoms. The van der Waals surface area contributed by atoms with E-state index in [9.17, 15) is 19.8 Å². The Morgan fingerprint density at radius 2 is 1.79 bits per heavy atom. The van der Waals surface area contributed by atoms with Crippen LogP contribution < -0.4 is 0 Å². The normalized spacial score (nSPS) is 53.8. The maximum Gasteiger partial charge on any atom is 0.167 e. The molecule has 1 spiro atoms. The molecule has 4 heteroatoms. The molecule has 9 unspecified atom stereocenters. The van der Waals surface area contributed by atoms with Gasteiger partial charge in [-0.05, 0) is 54.1 Å². The van der Waals surface area contributed by atoms with Crippen LogP contribution in [0.3, 0.4) is 0 Å². The minimum Gasteiger partial charge on any atom is -0.390 e. The predicted octanol–water partition coefficient (Wildman–Crippen LogP) is 1.91. The average Bonchev–Trinajstić information content (AvgIpc) is 2.65. The Balaban J connectivity index is 1.91. The van der Waals surface area contributed by atoms with Crippen LogP contribution >= 0.6 is 0 Å². The summed E-state index contributed by atoms with van der Waals surface area (Å²) >= 11 is 0. The predicted molar refractivity (Wildman–Crippen MR) is 88.9 cm³/mol. The number of carbonyl (C=O) groups excluding carboxylic acids is 2. The maximum absolute atomic E-state index is 13.1. The molecule has 4 saturated carbocycles. The van der Waals surface area contributed by atoms with Gasteiger partial charge < -0.3 is 10.2 Å². The quantitative estimate of drug-likeness (QED) is 0.665. The zero-order valence-corrected chi connectivity index (χ0v) is 14.4. The second-order valence-electron chi connectivity index (χ2n) is 8.55. The van der Waals surface area contributed by atoms with Crippen LogP contribution in [0.2, 0.25) is 0 Å². The number of carbonyl (C=O) groups is 2. The molecule has 24 heavy (non-hydrogen) atoms. The third kappa shape index (κ3) is 1.57. The summed E-state index contributed by atoms with van der Waals surface area (Å²) in [5, 5.41) is 22.0. The fraction of sp³-hybridized carbons (Fsp3) is 0.700. The van der Waals surface area contributed by atoms with E-state index in [0.29, 0.717) is 17.6 Å². The van der Waals surface area contributed by atoms with E-state index in [1.807, 2.05) is 13.8 Å². The van der Waals surface area contributed by atoms with Crippen molar-refractivity contribution in [3.63, 3.8) is 0 Å². The highest BCUT2D eigenvalue weighted by molar-refractivity contribution is 6.05. The standard InChI is InChI=1S/C20H26O4/c1-8-7-9(2)16(21)15-13-6-5-12-10(3)18(23)20(13,11(12)4)19(24)17(22)14(8)15/h8,11-15,17,19,22,24H,2-3,5-7H2,1,4H3. The Morgan fingerprint density at radius 3 is 2.46 bits per heavy atom. The summed E-state index contributed by atoms with van der Waals surface area (Å²) in [7, 11) is 0. The number of ketones is 2. The first kappa shape index (κ1) is 16.2. The van der Waals surface area contributed by atoms with E-state index in [2.05, 4.69) is 13.2 Å². The van der Waals surface area contributed by atoms with Crippen LogP contribution in [0.4, 0.5) is 0 Å². The van der Waals surface area contributed by atoms with Crippen molar-refractivity contribution in [1.82, 2.24) is 0 Å². The van der Waals surface area contributed by atoms with Crippen molar-refractivity contribution in [2.24, 2.45) is 40.9 Å². The van der Waals surface area contributed by atoms with Crippen LogP contribution in [-0.4, -0.2) is 34.0 Å². The molecule has 130 valence electrons. The van der Waals surface area contributed by atoms with Crippen LogP contribution in [0, 0.1) is 40.9 Å². The highest BCUT2D eigenvalue weighted by atomic mass is 16.3. The Bertz CT molecular complexity index is 665. The van der Waals surface area contributed by atoms with E-state index in [1.54, 1.807) is 0 Å². The number of fused-ring (bicyclic) bond motifs is 3. The van der Waals surface area contributed by atoms with Gasteiger partial charge in [0.1, 0.15) is 0 Å². The molecule has 4 fully saturated rings. The number of hydrogen-bond acceptors (Lipinski definition) is 4. The lowest BCUT2D eigenvalue weighted by Crippen LogP contribution is -2.67. The Labute approximate surface area is 142 Å². The van der Waals surface area contributed by atoms with Gasteiger partial charge in [0, 0.05) is 11.8 Å². The van der Waals surface area contributed by atoms with Gasteiger partial charge in [-0.25, -0.2) is 0 Å². The van der Waals surface area contributed by atoms with E-state index in [0.717, 1.165) is 12.8 Å². The summed E-state index contributed by atoms with van der Waals surface area (Å²) < 4.78 is 0. The molecule has 0 amide bonds. The fourth-order valence-corrected chi connectivity index (χ4v) is 6.80. The first-order valence-electron chi connectivity index (χ1n) is 9.06. The first-order chi connectivity index (χ1) is 11.2.